The molecule has 0 aliphatic heterocycles. The maximum atomic E-state index is 11.9. The second kappa shape index (κ2) is 7.04. The van der Waals surface area contributed by atoms with Crippen LogP contribution in [0.1, 0.15) is 25.8 Å². The summed E-state index contributed by atoms with van der Waals surface area (Å²) in [6, 6.07) is 7.77. The molecule has 0 aliphatic carbocycles. The molecule has 0 N–H and O–H groups in total. The van der Waals surface area contributed by atoms with Crippen molar-refractivity contribution in [2.24, 2.45) is 0 Å². The van der Waals surface area contributed by atoms with E-state index in [2.05, 4.69) is 4.90 Å². The molecule has 19 heavy (non-hydrogen) atoms. The molecule has 0 saturated carbocycles. The minimum absolute atomic E-state index is 0.118. The summed E-state index contributed by atoms with van der Waals surface area (Å²) in [4.78, 5) is 14.0. The molecule has 1 aromatic rings. The summed E-state index contributed by atoms with van der Waals surface area (Å²) in [5.41, 5.74) is 0.449. The molecular weight excluding hydrogens is 262 g/mol. The molecule has 0 radical (unpaired) electrons. The number of hydrogen-bond acceptors (Lipinski definition) is 3. The number of nitrogens with zero attached hydrogens (tertiary/aromatic N) is 1. The Balaban J connectivity index is 2.44. The zero-order valence-corrected chi connectivity index (χ0v) is 12.8. The SMILES string of the molecule is COC(C)(C)C(=O)CCN(C)Cc1cccc(Cl)c1. The molecule has 4 heteroatoms. The van der Waals surface area contributed by atoms with Crippen LogP contribution in [0.25, 0.3) is 0 Å². The van der Waals surface area contributed by atoms with E-state index < -0.39 is 5.60 Å². The van der Waals surface area contributed by atoms with Crippen molar-refractivity contribution < 1.29 is 9.53 Å². The molecule has 0 unspecified atom stereocenters. The Bertz CT molecular complexity index is 432. The van der Waals surface area contributed by atoms with Gasteiger partial charge in [-0.15, -0.1) is 0 Å². The lowest BCUT2D eigenvalue weighted by Gasteiger charge is -2.23. The zero-order chi connectivity index (χ0) is 14.5. The number of Topliss-reactive ketones (excluding diaryl/α,β-unsaturated/α-hetero) is 1. The molecule has 1 rings (SSSR count). The first-order chi connectivity index (χ1) is 8.85. The maximum absolute atomic E-state index is 11.9. The predicted octanol–water partition coefficient (Wildman–Crippen LogP) is 3.16. The highest BCUT2D eigenvalue weighted by Gasteiger charge is 2.26. The van der Waals surface area contributed by atoms with Crippen molar-refractivity contribution in [2.75, 3.05) is 20.7 Å². The van der Waals surface area contributed by atoms with Gasteiger partial charge < -0.3 is 9.64 Å². The molecule has 1 aromatic carbocycles. The van der Waals surface area contributed by atoms with E-state index in [1.807, 2.05) is 31.3 Å². The lowest BCUT2D eigenvalue weighted by atomic mass is 10.0. The second-order valence-corrected chi connectivity index (χ2v) is 5.69. The van der Waals surface area contributed by atoms with Gasteiger partial charge in [0.15, 0.2) is 5.78 Å². The van der Waals surface area contributed by atoms with E-state index in [9.17, 15) is 4.79 Å². The molecule has 0 aliphatic rings. The van der Waals surface area contributed by atoms with E-state index in [1.165, 1.54) is 0 Å². The smallest absolute Gasteiger partial charge is 0.165 e. The van der Waals surface area contributed by atoms with Gasteiger partial charge in [0.25, 0.3) is 0 Å². The van der Waals surface area contributed by atoms with Gasteiger partial charge in [0.05, 0.1) is 0 Å². The van der Waals surface area contributed by atoms with Gasteiger partial charge in [-0.1, -0.05) is 23.7 Å². The first-order valence-electron chi connectivity index (χ1n) is 6.36. The van der Waals surface area contributed by atoms with Crippen LogP contribution in [0.2, 0.25) is 5.02 Å². The van der Waals surface area contributed by atoms with Crippen LogP contribution in [-0.2, 0) is 16.1 Å². The number of methoxy groups -OCH3 is 1. The van der Waals surface area contributed by atoms with Crippen LogP contribution in [0, 0.1) is 0 Å². The maximum Gasteiger partial charge on any atom is 0.165 e. The summed E-state index contributed by atoms with van der Waals surface area (Å²) in [5.74, 6) is 0.118. The van der Waals surface area contributed by atoms with E-state index >= 15 is 0 Å². The molecule has 0 heterocycles. The highest BCUT2D eigenvalue weighted by Crippen LogP contribution is 2.14. The Morgan fingerprint density at radius 3 is 2.68 bits per heavy atom. The summed E-state index contributed by atoms with van der Waals surface area (Å²) in [6.07, 6.45) is 0.484. The van der Waals surface area contributed by atoms with Crippen LogP contribution in [0.4, 0.5) is 0 Å². The van der Waals surface area contributed by atoms with Crippen LogP contribution in [-0.4, -0.2) is 37.0 Å². The van der Waals surface area contributed by atoms with Gasteiger partial charge in [-0.3, -0.25) is 4.79 Å². The summed E-state index contributed by atoms with van der Waals surface area (Å²) < 4.78 is 5.18. The largest absolute Gasteiger partial charge is 0.371 e. The minimum Gasteiger partial charge on any atom is -0.371 e. The fourth-order valence-corrected chi connectivity index (χ4v) is 1.95. The Labute approximate surface area is 120 Å². The highest BCUT2D eigenvalue weighted by molar-refractivity contribution is 6.30. The second-order valence-electron chi connectivity index (χ2n) is 5.26. The Kier molecular flexibility index (Phi) is 5.98. The number of halogens is 1. The van der Waals surface area contributed by atoms with Gasteiger partial charge in [0, 0.05) is 31.6 Å². The predicted molar refractivity (Wildman–Crippen MR) is 78.5 cm³/mol. The summed E-state index contributed by atoms with van der Waals surface area (Å²) in [7, 11) is 3.56. The van der Waals surface area contributed by atoms with Gasteiger partial charge in [0.2, 0.25) is 0 Å². The van der Waals surface area contributed by atoms with Gasteiger partial charge in [-0.2, -0.15) is 0 Å². The summed E-state index contributed by atoms with van der Waals surface area (Å²) >= 11 is 5.95. The Hall–Kier alpha value is -0.900. The van der Waals surface area contributed by atoms with Crippen LogP contribution >= 0.6 is 11.6 Å². The molecule has 0 spiro atoms. The van der Waals surface area contributed by atoms with E-state index in [-0.39, 0.29) is 5.78 Å². The molecule has 0 aromatic heterocycles. The van der Waals surface area contributed by atoms with Crippen LogP contribution in [0.5, 0.6) is 0 Å². The monoisotopic (exact) mass is 283 g/mol. The molecule has 3 nitrogen and oxygen atoms in total. The van der Waals surface area contributed by atoms with E-state index in [4.69, 9.17) is 16.3 Å². The number of ether oxygens (including phenoxy) is 1. The first kappa shape index (κ1) is 16.2. The molecule has 0 fully saturated rings. The highest BCUT2D eigenvalue weighted by atomic mass is 35.5. The zero-order valence-electron chi connectivity index (χ0n) is 12.1. The lowest BCUT2D eigenvalue weighted by Crippen LogP contribution is -2.36. The fourth-order valence-electron chi connectivity index (χ4n) is 1.73. The third-order valence-electron chi connectivity index (χ3n) is 3.24. The van der Waals surface area contributed by atoms with E-state index in [1.54, 1.807) is 21.0 Å². The Morgan fingerprint density at radius 2 is 2.11 bits per heavy atom. The van der Waals surface area contributed by atoms with Crippen LogP contribution in [0.15, 0.2) is 24.3 Å². The van der Waals surface area contributed by atoms with Gasteiger partial charge >= 0.3 is 0 Å². The van der Waals surface area contributed by atoms with Gasteiger partial charge in [0.1, 0.15) is 5.60 Å². The third kappa shape index (κ3) is 5.31. The first-order valence-corrected chi connectivity index (χ1v) is 6.74. The molecule has 0 amide bonds. The molecule has 106 valence electrons. The lowest BCUT2D eigenvalue weighted by molar-refractivity contribution is -0.137. The number of carbonyl (C=O) groups is 1. The quantitative estimate of drug-likeness (QED) is 0.770. The number of rotatable bonds is 7. The molecule has 0 bridgehead atoms. The van der Waals surface area contributed by atoms with Gasteiger partial charge in [-0.25, -0.2) is 0 Å². The average Bonchev–Trinajstić information content (AvgIpc) is 2.35. The fraction of sp³-hybridized carbons (Fsp3) is 0.533. The van der Waals surface area contributed by atoms with Crippen molar-refractivity contribution in [1.82, 2.24) is 4.90 Å². The van der Waals surface area contributed by atoms with Gasteiger partial charge in [-0.05, 0) is 38.6 Å². The number of carbonyl (C=O) groups excluding carboxylic acids is 1. The van der Waals surface area contributed by atoms with Crippen molar-refractivity contribution in [3.63, 3.8) is 0 Å². The van der Waals surface area contributed by atoms with Crippen LogP contribution < -0.4 is 0 Å². The molecule has 0 saturated heterocycles. The van der Waals surface area contributed by atoms with Crippen molar-refractivity contribution in [2.45, 2.75) is 32.4 Å². The van der Waals surface area contributed by atoms with Crippen molar-refractivity contribution in [1.29, 1.82) is 0 Å². The van der Waals surface area contributed by atoms with Crippen LogP contribution in [0.3, 0.4) is 0 Å². The molecular formula is C15H22ClNO2. The molecule has 0 atom stereocenters. The topological polar surface area (TPSA) is 29.5 Å². The van der Waals surface area contributed by atoms with E-state index in [0.717, 1.165) is 17.1 Å². The van der Waals surface area contributed by atoms with Crippen molar-refractivity contribution in [3.8, 4) is 0 Å². The standard InChI is InChI=1S/C15H22ClNO2/c1-15(2,19-4)14(18)8-9-17(3)11-12-6-5-7-13(16)10-12/h5-7,10H,8-9,11H2,1-4H3. The summed E-state index contributed by atoms with van der Waals surface area (Å²) in [6.45, 7) is 5.08. The van der Waals surface area contributed by atoms with E-state index in [0.29, 0.717) is 13.0 Å². The number of hydrogen-bond donors (Lipinski definition) is 0. The third-order valence-corrected chi connectivity index (χ3v) is 3.48. The summed E-state index contributed by atoms with van der Waals surface area (Å²) in [5, 5.41) is 0.738. The Morgan fingerprint density at radius 1 is 1.42 bits per heavy atom. The van der Waals surface area contributed by atoms with Crippen molar-refractivity contribution >= 4 is 17.4 Å². The number of benzene rings is 1. The van der Waals surface area contributed by atoms with Crippen molar-refractivity contribution in [3.05, 3.63) is 34.9 Å². The average molecular weight is 284 g/mol. The number of ketones is 1. The minimum atomic E-state index is -0.698. The normalized spacial score (nSPS) is 11.9.